The van der Waals surface area contributed by atoms with E-state index in [1.54, 1.807) is 41.6 Å². The minimum Gasteiger partial charge on any atom is -0.371 e. The zero-order chi connectivity index (χ0) is 20.9. The molecule has 2 heterocycles. The lowest BCUT2D eigenvalue weighted by atomic mass is 9.95. The third-order valence-electron chi connectivity index (χ3n) is 4.86. The Morgan fingerprint density at radius 2 is 1.90 bits per heavy atom. The van der Waals surface area contributed by atoms with Gasteiger partial charge in [-0.3, -0.25) is 9.78 Å². The Morgan fingerprint density at radius 3 is 2.48 bits per heavy atom. The maximum Gasteiger partial charge on any atom is 0.389 e. The molecule has 2 aromatic rings. The number of benzene rings is 1. The van der Waals surface area contributed by atoms with Crippen molar-refractivity contribution in [3.8, 4) is 0 Å². The van der Waals surface area contributed by atoms with Crippen molar-refractivity contribution in [3.05, 3.63) is 65.7 Å². The average Bonchev–Trinajstić information content (AvgIpc) is 3.11. The molecule has 1 aliphatic rings. The lowest BCUT2D eigenvalue weighted by Crippen LogP contribution is -2.35. The van der Waals surface area contributed by atoms with Crippen LogP contribution in [0.2, 0.25) is 0 Å². The summed E-state index contributed by atoms with van der Waals surface area (Å²) in [5.41, 5.74) is 1.31. The van der Waals surface area contributed by atoms with Gasteiger partial charge in [0.25, 0.3) is 0 Å². The number of carbonyl (C=O) groups excluding carboxylic acids is 1. The predicted octanol–water partition coefficient (Wildman–Crippen LogP) is 4.98. The first-order valence-corrected chi connectivity index (χ1v) is 9.48. The molecule has 1 aromatic carbocycles. The SMILES string of the molecule is O=C1CCCN1[C@H](c1ccc(F)cc1)[C@@H](OCCCC(F)(F)F)c1cccnc1. The third kappa shape index (κ3) is 5.76. The van der Waals surface area contributed by atoms with Gasteiger partial charge in [-0.15, -0.1) is 0 Å². The van der Waals surface area contributed by atoms with Crippen LogP contribution in [0.3, 0.4) is 0 Å². The number of amides is 1. The minimum atomic E-state index is -4.26. The topological polar surface area (TPSA) is 42.4 Å². The lowest BCUT2D eigenvalue weighted by Gasteiger charge is -2.35. The van der Waals surface area contributed by atoms with Gasteiger partial charge in [-0.1, -0.05) is 18.2 Å². The molecule has 0 saturated carbocycles. The van der Waals surface area contributed by atoms with E-state index in [2.05, 4.69) is 4.98 Å². The fraction of sp³-hybridized carbons (Fsp3) is 0.429. The number of hydrogen-bond donors (Lipinski definition) is 0. The Morgan fingerprint density at radius 1 is 1.14 bits per heavy atom. The molecule has 156 valence electrons. The molecule has 2 atom stereocenters. The van der Waals surface area contributed by atoms with E-state index in [1.165, 1.54) is 12.1 Å². The maximum atomic E-state index is 13.5. The van der Waals surface area contributed by atoms with Gasteiger partial charge < -0.3 is 9.64 Å². The van der Waals surface area contributed by atoms with Crippen molar-refractivity contribution in [1.29, 1.82) is 0 Å². The molecular weight excluding hydrogens is 388 g/mol. The van der Waals surface area contributed by atoms with Gasteiger partial charge in [0.15, 0.2) is 0 Å². The Hall–Kier alpha value is -2.48. The van der Waals surface area contributed by atoms with Gasteiger partial charge in [-0.2, -0.15) is 13.2 Å². The molecule has 0 N–H and O–H groups in total. The number of hydrogen-bond acceptors (Lipinski definition) is 3. The predicted molar refractivity (Wildman–Crippen MR) is 98.3 cm³/mol. The highest BCUT2D eigenvalue weighted by atomic mass is 19.4. The van der Waals surface area contributed by atoms with E-state index in [0.29, 0.717) is 30.5 Å². The molecule has 1 amide bonds. The van der Waals surface area contributed by atoms with Crippen molar-refractivity contribution >= 4 is 5.91 Å². The van der Waals surface area contributed by atoms with Crippen LogP contribution < -0.4 is 0 Å². The number of carbonyl (C=O) groups is 1. The van der Waals surface area contributed by atoms with Crippen molar-refractivity contribution in [2.24, 2.45) is 0 Å². The summed E-state index contributed by atoms with van der Waals surface area (Å²) in [5, 5.41) is 0. The second kappa shape index (κ2) is 9.35. The number of likely N-dealkylation sites (tertiary alicyclic amines) is 1. The molecule has 1 saturated heterocycles. The number of nitrogens with zero attached hydrogens (tertiary/aromatic N) is 2. The zero-order valence-electron chi connectivity index (χ0n) is 15.7. The fourth-order valence-corrected chi connectivity index (χ4v) is 3.54. The van der Waals surface area contributed by atoms with Crippen LogP contribution >= 0.6 is 0 Å². The molecule has 0 spiro atoms. The monoisotopic (exact) mass is 410 g/mol. The zero-order valence-corrected chi connectivity index (χ0v) is 15.7. The van der Waals surface area contributed by atoms with Crippen LogP contribution in [0.25, 0.3) is 0 Å². The molecule has 0 aliphatic carbocycles. The molecule has 4 nitrogen and oxygen atoms in total. The number of pyridine rings is 1. The Bertz CT molecular complexity index is 797. The van der Waals surface area contributed by atoms with Crippen LogP contribution in [-0.2, 0) is 9.53 Å². The second-order valence-corrected chi connectivity index (χ2v) is 6.98. The summed E-state index contributed by atoms with van der Waals surface area (Å²) < 4.78 is 56.9. The van der Waals surface area contributed by atoms with Crippen molar-refractivity contribution in [2.75, 3.05) is 13.2 Å². The number of aromatic nitrogens is 1. The van der Waals surface area contributed by atoms with E-state index in [0.717, 1.165) is 0 Å². The molecule has 1 aromatic heterocycles. The van der Waals surface area contributed by atoms with Crippen LogP contribution in [0.5, 0.6) is 0 Å². The summed E-state index contributed by atoms with van der Waals surface area (Å²) in [6.45, 7) is 0.377. The smallest absolute Gasteiger partial charge is 0.371 e. The van der Waals surface area contributed by atoms with Crippen LogP contribution in [-0.4, -0.2) is 35.1 Å². The second-order valence-electron chi connectivity index (χ2n) is 6.98. The number of ether oxygens (including phenoxy) is 1. The van der Waals surface area contributed by atoms with Crippen molar-refractivity contribution in [1.82, 2.24) is 9.88 Å². The summed E-state index contributed by atoms with van der Waals surface area (Å²) in [6.07, 6.45) is -1.88. The first-order chi connectivity index (χ1) is 13.8. The Labute approximate surface area is 166 Å². The van der Waals surface area contributed by atoms with Gasteiger partial charge in [-0.05, 0) is 36.6 Å². The maximum absolute atomic E-state index is 13.5. The molecule has 1 aliphatic heterocycles. The molecule has 8 heteroatoms. The molecule has 1 fully saturated rings. The van der Waals surface area contributed by atoms with Crippen LogP contribution in [0.15, 0.2) is 48.8 Å². The normalized spacial score (nSPS) is 16.8. The Kier molecular flexibility index (Phi) is 6.84. The van der Waals surface area contributed by atoms with Crippen LogP contribution in [0, 0.1) is 5.82 Å². The minimum absolute atomic E-state index is 0.0629. The van der Waals surface area contributed by atoms with Gasteiger partial charge in [0, 0.05) is 44.0 Å². The summed E-state index contributed by atoms with van der Waals surface area (Å²) >= 11 is 0. The van der Waals surface area contributed by atoms with Gasteiger partial charge in [0.05, 0.1) is 6.04 Å². The lowest BCUT2D eigenvalue weighted by molar-refractivity contribution is -0.141. The summed E-state index contributed by atoms with van der Waals surface area (Å²) in [4.78, 5) is 18.2. The fourth-order valence-electron chi connectivity index (χ4n) is 3.54. The first-order valence-electron chi connectivity index (χ1n) is 9.48. The van der Waals surface area contributed by atoms with E-state index in [4.69, 9.17) is 4.74 Å². The number of alkyl halides is 3. The average molecular weight is 410 g/mol. The molecule has 0 bridgehead atoms. The van der Waals surface area contributed by atoms with Crippen LogP contribution in [0.4, 0.5) is 17.6 Å². The summed E-state index contributed by atoms with van der Waals surface area (Å²) in [7, 11) is 0. The largest absolute Gasteiger partial charge is 0.389 e. The van der Waals surface area contributed by atoms with Gasteiger partial charge in [-0.25, -0.2) is 4.39 Å². The highest BCUT2D eigenvalue weighted by molar-refractivity contribution is 5.78. The molecule has 3 rings (SSSR count). The molecule has 0 unspecified atom stereocenters. The number of rotatable bonds is 8. The number of halogens is 4. The van der Waals surface area contributed by atoms with Crippen molar-refractivity contribution < 1.29 is 27.1 Å². The van der Waals surface area contributed by atoms with E-state index in [1.807, 2.05) is 0 Å². The van der Waals surface area contributed by atoms with Gasteiger partial charge >= 0.3 is 6.18 Å². The quantitative estimate of drug-likeness (QED) is 0.455. The third-order valence-corrected chi connectivity index (χ3v) is 4.86. The van der Waals surface area contributed by atoms with Crippen LogP contribution in [0.1, 0.15) is 49.0 Å². The van der Waals surface area contributed by atoms with Gasteiger partial charge in [0.2, 0.25) is 5.91 Å². The summed E-state index contributed by atoms with van der Waals surface area (Å²) in [6, 6.07) is 8.63. The van der Waals surface area contributed by atoms with E-state index in [9.17, 15) is 22.4 Å². The Balaban J connectivity index is 1.91. The van der Waals surface area contributed by atoms with Crippen molar-refractivity contribution in [2.45, 2.75) is 44.0 Å². The molecule has 29 heavy (non-hydrogen) atoms. The summed E-state index contributed by atoms with van der Waals surface area (Å²) in [5.74, 6) is -0.476. The molecule has 0 radical (unpaired) electrons. The van der Waals surface area contributed by atoms with Crippen molar-refractivity contribution in [3.63, 3.8) is 0 Å². The highest BCUT2D eigenvalue weighted by Gasteiger charge is 2.36. The van der Waals surface area contributed by atoms with Gasteiger partial charge in [0.1, 0.15) is 11.9 Å². The molecular formula is C21H22F4N2O2. The highest BCUT2D eigenvalue weighted by Crippen LogP contribution is 2.39. The van der Waals surface area contributed by atoms with E-state index < -0.39 is 30.6 Å². The standard InChI is InChI=1S/C21H22F4N2O2/c22-17-8-6-15(7-9-17)19(27-12-2-5-18(27)28)20(16-4-1-11-26-14-16)29-13-3-10-21(23,24)25/h1,4,6-9,11,14,19-20H,2-3,5,10,12-13H2/t19-,20+/m1/s1. The first kappa shape index (κ1) is 21.2. The van der Waals surface area contributed by atoms with E-state index >= 15 is 0 Å². The van der Waals surface area contributed by atoms with E-state index in [-0.39, 0.29) is 18.9 Å².